The number of rotatable bonds is 7. The average molecular weight is 568 g/mol. The Balaban J connectivity index is 1.51. The summed E-state index contributed by atoms with van der Waals surface area (Å²) in [7, 11) is -3.60. The van der Waals surface area contributed by atoms with Gasteiger partial charge < -0.3 is 4.90 Å². The van der Waals surface area contributed by atoms with Crippen LogP contribution in [0.15, 0.2) is 83.8 Å². The molecule has 4 aromatic rings. The van der Waals surface area contributed by atoms with E-state index in [1.54, 1.807) is 35.2 Å². The van der Waals surface area contributed by atoms with Crippen molar-refractivity contribution in [1.82, 2.24) is 14.1 Å². The van der Waals surface area contributed by atoms with Crippen LogP contribution in [0.5, 0.6) is 0 Å². The van der Waals surface area contributed by atoms with Gasteiger partial charge in [0.05, 0.1) is 33.8 Å². The molecule has 0 amide bonds. The summed E-state index contributed by atoms with van der Waals surface area (Å²) in [4.78, 5) is 26.3. The number of nitrogens with zero attached hydrogens (tertiary/aromatic N) is 5. The number of sulfonamides is 1. The molecule has 2 heterocycles. The molecule has 40 heavy (non-hydrogen) atoms. The van der Waals surface area contributed by atoms with E-state index >= 15 is 0 Å². The standard InChI is InChI=1S/C27H23F2N5O5S/c28-21-14-22(29)16-24(15-21)33-27(35)26(20-7-4-8-23(13-20)34(36)37)25(17-30-33)31-9-11-32(12-10-31)40(38,39)18-19-5-2-1-3-6-19/h1-8,13-17H,9-12,18H2. The number of piperazine rings is 1. The molecular formula is C27H23F2N5O5S. The SMILES string of the molecule is O=c1c(-c2cccc([N+](=O)[O-])c2)c(N2CCN(S(=O)(=O)Cc3ccccc3)CC2)cnn1-c1cc(F)cc(F)c1. The molecular weight excluding hydrogens is 544 g/mol. The lowest BCUT2D eigenvalue weighted by molar-refractivity contribution is -0.384. The third kappa shape index (κ3) is 5.60. The molecule has 0 atom stereocenters. The van der Waals surface area contributed by atoms with Crippen molar-refractivity contribution >= 4 is 21.4 Å². The molecule has 0 bridgehead atoms. The minimum atomic E-state index is -3.60. The molecule has 0 unspecified atom stereocenters. The predicted molar refractivity (Wildman–Crippen MR) is 145 cm³/mol. The fraction of sp³-hybridized carbons (Fsp3) is 0.185. The zero-order chi connectivity index (χ0) is 28.4. The van der Waals surface area contributed by atoms with E-state index in [4.69, 9.17) is 0 Å². The summed E-state index contributed by atoms with van der Waals surface area (Å²) in [5, 5.41) is 15.6. The monoisotopic (exact) mass is 567 g/mol. The molecule has 0 aliphatic carbocycles. The quantitative estimate of drug-likeness (QED) is 0.247. The van der Waals surface area contributed by atoms with E-state index in [9.17, 15) is 32.1 Å². The summed E-state index contributed by atoms with van der Waals surface area (Å²) in [6.07, 6.45) is 1.34. The summed E-state index contributed by atoms with van der Waals surface area (Å²) in [6, 6.07) is 16.8. The van der Waals surface area contributed by atoms with Crippen LogP contribution in [0.1, 0.15) is 5.56 Å². The van der Waals surface area contributed by atoms with E-state index in [-0.39, 0.29) is 54.4 Å². The Bertz CT molecular complexity index is 1720. The van der Waals surface area contributed by atoms with Gasteiger partial charge in [0.1, 0.15) is 11.6 Å². The fourth-order valence-corrected chi connectivity index (χ4v) is 6.18. The van der Waals surface area contributed by atoms with Crippen LogP contribution in [0.25, 0.3) is 16.8 Å². The van der Waals surface area contributed by atoms with Crippen molar-refractivity contribution in [2.75, 3.05) is 31.1 Å². The third-order valence-corrected chi connectivity index (χ3v) is 8.41. The molecule has 0 N–H and O–H groups in total. The highest BCUT2D eigenvalue weighted by molar-refractivity contribution is 7.88. The van der Waals surface area contributed by atoms with Crippen molar-refractivity contribution < 1.29 is 22.1 Å². The summed E-state index contributed by atoms with van der Waals surface area (Å²) in [5.41, 5.74) is 0.0723. The van der Waals surface area contributed by atoms with Gasteiger partial charge in [-0.05, 0) is 23.3 Å². The lowest BCUT2D eigenvalue weighted by Gasteiger charge is -2.36. The van der Waals surface area contributed by atoms with Gasteiger partial charge >= 0.3 is 0 Å². The van der Waals surface area contributed by atoms with Crippen molar-refractivity contribution in [2.24, 2.45) is 0 Å². The number of hydrogen-bond donors (Lipinski definition) is 0. The maximum atomic E-state index is 13.9. The van der Waals surface area contributed by atoms with E-state index in [1.807, 2.05) is 0 Å². The van der Waals surface area contributed by atoms with Gasteiger partial charge in [-0.3, -0.25) is 14.9 Å². The number of nitro groups is 1. The van der Waals surface area contributed by atoms with Crippen molar-refractivity contribution in [3.8, 4) is 16.8 Å². The van der Waals surface area contributed by atoms with Gasteiger partial charge in [0.25, 0.3) is 11.2 Å². The van der Waals surface area contributed by atoms with Gasteiger partial charge in [-0.1, -0.05) is 42.5 Å². The Kier molecular flexibility index (Phi) is 7.41. The first-order valence-corrected chi connectivity index (χ1v) is 13.8. The van der Waals surface area contributed by atoms with Crippen LogP contribution in [-0.2, 0) is 15.8 Å². The molecule has 0 spiro atoms. The van der Waals surface area contributed by atoms with Gasteiger partial charge in [0.15, 0.2) is 0 Å². The van der Waals surface area contributed by atoms with Crippen molar-refractivity contribution in [2.45, 2.75) is 5.75 Å². The first-order chi connectivity index (χ1) is 19.1. The largest absolute Gasteiger partial charge is 0.367 e. The number of nitro benzene ring substituents is 1. The van der Waals surface area contributed by atoms with Gasteiger partial charge in [-0.2, -0.15) is 14.1 Å². The summed E-state index contributed by atoms with van der Waals surface area (Å²) in [6.45, 7) is 0.717. The van der Waals surface area contributed by atoms with Crippen LogP contribution in [0, 0.1) is 21.7 Å². The highest BCUT2D eigenvalue weighted by atomic mass is 32.2. The van der Waals surface area contributed by atoms with Gasteiger partial charge in [-0.15, -0.1) is 0 Å². The van der Waals surface area contributed by atoms with E-state index in [2.05, 4.69) is 5.10 Å². The first-order valence-electron chi connectivity index (χ1n) is 12.2. The second-order valence-electron chi connectivity index (χ2n) is 9.18. The Hall–Kier alpha value is -4.49. The molecule has 5 rings (SSSR count). The molecule has 10 nitrogen and oxygen atoms in total. The molecule has 3 aromatic carbocycles. The number of hydrogen-bond acceptors (Lipinski definition) is 7. The molecule has 1 aliphatic rings. The fourth-order valence-electron chi connectivity index (χ4n) is 4.66. The van der Waals surface area contributed by atoms with Gasteiger partial charge in [-0.25, -0.2) is 17.2 Å². The minimum absolute atomic E-state index is 0.0314. The highest BCUT2D eigenvalue weighted by Gasteiger charge is 2.29. The Morgan fingerprint density at radius 1 is 0.900 bits per heavy atom. The van der Waals surface area contributed by atoms with E-state index < -0.39 is 32.1 Å². The lowest BCUT2D eigenvalue weighted by atomic mass is 10.0. The Morgan fingerprint density at radius 2 is 1.57 bits per heavy atom. The summed E-state index contributed by atoms with van der Waals surface area (Å²) < 4.78 is 56.1. The lowest BCUT2D eigenvalue weighted by Crippen LogP contribution is -2.49. The third-order valence-electron chi connectivity index (χ3n) is 6.56. The second-order valence-corrected chi connectivity index (χ2v) is 11.2. The van der Waals surface area contributed by atoms with Crippen molar-refractivity contribution in [3.05, 3.63) is 117 Å². The minimum Gasteiger partial charge on any atom is -0.367 e. The molecule has 1 aromatic heterocycles. The molecule has 13 heteroatoms. The van der Waals surface area contributed by atoms with E-state index in [1.165, 1.54) is 34.8 Å². The Labute approximate surface area is 227 Å². The number of non-ortho nitro benzene ring substituents is 1. The number of anilines is 1. The highest BCUT2D eigenvalue weighted by Crippen LogP contribution is 2.31. The van der Waals surface area contributed by atoms with Crippen molar-refractivity contribution in [3.63, 3.8) is 0 Å². The number of benzene rings is 3. The average Bonchev–Trinajstić information content (AvgIpc) is 2.93. The van der Waals surface area contributed by atoms with E-state index in [0.29, 0.717) is 17.3 Å². The number of aromatic nitrogens is 2. The van der Waals surface area contributed by atoms with Crippen LogP contribution in [0.3, 0.4) is 0 Å². The zero-order valence-corrected chi connectivity index (χ0v) is 21.8. The number of halogens is 2. The maximum Gasteiger partial charge on any atom is 0.281 e. The summed E-state index contributed by atoms with van der Waals surface area (Å²) in [5.74, 6) is -1.95. The molecule has 0 radical (unpaired) electrons. The molecule has 1 saturated heterocycles. The summed E-state index contributed by atoms with van der Waals surface area (Å²) >= 11 is 0. The normalized spacial score (nSPS) is 14.3. The van der Waals surface area contributed by atoms with Gasteiger partial charge in [0, 0.05) is 44.4 Å². The second kappa shape index (κ2) is 10.9. The van der Waals surface area contributed by atoms with Crippen molar-refractivity contribution in [1.29, 1.82) is 0 Å². The van der Waals surface area contributed by atoms with Crippen LogP contribution in [0.4, 0.5) is 20.2 Å². The first kappa shape index (κ1) is 27.1. The Morgan fingerprint density at radius 3 is 2.23 bits per heavy atom. The van der Waals surface area contributed by atoms with Crippen LogP contribution >= 0.6 is 0 Å². The molecule has 0 saturated carbocycles. The van der Waals surface area contributed by atoms with Crippen LogP contribution in [-0.4, -0.2) is 53.6 Å². The molecule has 206 valence electrons. The van der Waals surface area contributed by atoms with E-state index in [0.717, 1.165) is 16.8 Å². The van der Waals surface area contributed by atoms with Crippen LogP contribution < -0.4 is 10.5 Å². The molecule has 1 aliphatic heterocycles. The topological polar surface area (TPSA) is 119 Å². The maximum absolute atomic E-state index is 13.9. The van der Waals surface area contributed by atoms with Crippen LogP contribution in [0.2, 0.25) is 0 Å². The van der Waals surface area contributed by atoms with Gasteiger partial charge in [0.2, 0.25) is 10.0 Å². The predicted octanol–water partition coefficient (Wildman–Crippen LogP) is 3.74. The zero-order valence-electron chi connectivity index (χ0n) is 21.0. The smallest absolute Gasteiger partial charge is 0.281 e. The molecule has 1 fully saturated rings.